The Labute approximate surface area is 109 Å². The molecule has 0 aliphatic heterocycles. The first-order valence-electron chi connectivity index (χ1n) is 5.85. The van der Waals surface area contributed by atoms with Gasteiger partial charge in [0.2, 0.25) is 0 Å². The third-order valence-electron chi connectivity index (χ3n) is 3.00. The molecule has 0 amide bonds. The molecule has 0 unspecified atom stereocenters. The highest BCUT2D eigenvalue weighted by molar-refractivity contribution is 5.72. The van der Waals surface area contributed by atoms with Crippen LogP contribution in [0.1, 0.15) is 11.1 Å². The third kappa shape index (κ3) is 2.02. The van der Waals surface area contributed by atoms with Gasteiger partial charge in [-0.1, -0.05) is 24.3 Å². The lowest BCUT2D eigenvalue weighted by Gasteiger charge is -2.02. The van der Waals surface area contributed by atoms with Crippen LogP contribution in [-0.2, 0) is 6.54 Å². The first kappa shape index (κ1) is 11.3. The van der Waals surface area contributed by atoms with Crippen molar-refractivity contribution in [3.63, 3.8) is 0 Å². The Bertz CT molecular complexity index is 820. The smallest absolute Gasteiger partial charge is 0.408 e. The summed E-state index contributed by atoms with van der Waals surface area (Å²) in [5, 5.41) is 8.75. The van der Waals surface area contributed by atoms with Gasteiger partial charge in [-0.25, -0.2) is 4.79 Å². The van der Waals surface area contributed by atoms with Crippen LogP contribution in [0.5, 0.6) is 0 Å². The molecule has 0 atom stereocenters. The number of hydrogen-bond acceptors (Lipinski definition) is 3. The molecule has 0 fully saturated rings. The van der Waals surface area contributed by atoms with Gasteiger partial charge in [0.15, 0.2) is 5.58 Å². The number of nitriles is 1. The summed E-state index contributed by atoms with van der Waals surface area (Å²) < 4.78 is 6.75. The van der Waals surface area contributed by atoms with Crippen molar-refractivity contribution in [2.75, 3.05) is 0 Å². The lowest BCUT2D eigenvalue weighted by atomic mass is 10.1. The molecule has 1 aromatic heterocycles. The number of hydrogen-bond donors (Lipinski definition) is 0. The molecular formula is C15H10N2O2. The molecule has 4 heteroatoms. The van der Waals surface area contributed by atoms with E-state index >= 15 is 0 Å². The summed E-state index contributed by atoms with van der Waals surface area (Å²) in [6.45, 7) is 0.432. The van der Waals surface area contributed by atoms with Gasteiger partial charge in [0, 0.05) is 0 Å². The molecule has 0 bridgehead atoms. The van der Waals surface area contributed by atoms with Gasteiger partial charge in [-0.05, 0) is 29.8 Å². The zero-order chi connectivity index (χ0) is 13.2. The van der Waals surface area contributed by atoms with Crippen molar-refractivity contribution in [1.82, 2.24) is 4.57 Å². The second-order valence-electron chi connectivity index (χ2n) is 4.23. The molecule has 0 saturated carbocycles. The number of oxazole rings is 1. The summed E-state index contributed by atoms with van der Waals surface area (Å²) in [6, 6.07) is 16.5. The predicted octanol–water partition coefficient (Wildman–Crippen LogP) is 2.51. The summed E-state index contributed by atoms with van der Waals surface area (Å²) in [7, 11) is 0. The molecule has 3 rings (SSSR count). The van der Waals surface area contributed by atoms with Crippen LogP contribution >= 0.6 is 0 Å². The lowest BCUT2D eigenvalue weighted by molar-refractivity contribution is 0.517. The number of aromatic nitrogens is 1. The average Bonchev–Trinajstić information content (AvgIpc) is 2.76. The van der Waals surface area contributed by atoms with Gasteiger partial charge in [0.25, 0.3) is 0 Å². The maximum Gasteiger partial charge on any atom is 0.420 e. The largest absolute Gasteiger partial charge is 0.420 e. The van der Waals surface area contributed by atoms with Gasteiger partial charge in [-0.15, -0.1) is 0 Å². The number of para-hydroxylation sites is 2. The molecule has 1 heterocycles. The summed E-state index contributed by atoms with van der Waals surface area (Å²) in [5.74, 6) is -0.370. The van der Waals surface area contributed by atoms with Crippen LogP contribution in [0.2, 0.25) is 0 Å². The van der Waals surface area contributed by atoms with Gasteiger partial charge in [0.05, 0.1) is 23.7 Å². The minimum atomic E-state index is -0.370. The van der Waals surface area contributed by atoms with Gasteiger partial charge in [-0.2, -0.15) is 5.26 Å². The quantitative estimate of drug-likeness (QED) is 0.702. The fourth-order valence-electron chi connectivity index (χ4n) is 2.03. The first-order chi connectivity index (χ1) is 9.28. The van der Waals surface area contributed by atoms with E-state index in [2.05, 4.69) is 6.07 Å². The Morgan fingerprint density at radius 1 is 1.11 bits per heavy atom. The van der Waals surface area contributed by atoms with Gasteiger partial charge < -0.3 is 4.42 Å². The van der Waals surface area contributed by atoms with Crippen molar-refractivity contribution < 1.29 is 4.42 Å². The van der Waals surface area contributed by atoms with E-state index in [1.165, 1.54) is 0 Å². The van der Waals surface area contributed by atoms with Crippen molar-refractivity contribution in [3.8, 4) is 6.07 Å². The summed E-state index contributed by atoms with van der Waals surface area (Å²) in [5.41, 5.74) is 2.92. The number of rotatable bonds is 2. The van der Waals surface area contributed by atoms with Gasteiger partial charge in [0.1, 0.15) is 0 Å². The molecular weight excluding hydrogens is 240 g/mol. The summed E-state index contributed by atoms with van der Waals surface area (Å²) >= 11 is 0. The van der Waals surface area contributed by atoms with Crippen molar-refractivity contribution in [2.24, 2.45) is 0 Å². The maximum atomic E-state index is 11.8. The number of benzene rings is 2. The molecule has 0 N–H and O–H groups in total. The molecule has 0 aliphatic rings. The van der Waals surface area contributed by atoms with Gasteiger partial charge in [-0.3, -0.25) is 4.57 Å². The summed E-state index contributed by atoms with van der Waals surface area (Å²) in [4.78, 5) is 11.8. The second-order valence-corrected chi connectivity index (χ2v) is 4.23. The molecule has 4 nitrogen and oxygen atoms in total. The fourth-order valence-corrected chi connectivity index (χ4v) is 2.03. The van der Waals surface area contributed by atoms with Crippen LogP contribution in [0.4, 0.5) is 0 Å². The molecule has 0 spiro atoms. The molecule has 92 valence electrons. The minimum absolute atomic E-state index is 0.370. The van der Waals surface area contributed by atoms with Crippen molar-refractivity contribution in [2.45, 2.75) is 6.54 Å². The molecule has 3 aromatic rings. The Morgan fingerprint density at radius 3 is 2.58 bits per heavy atom. The zero-order valence-corrected chi connectivity index (χ0v) is 10.0. The first-order valence-corrected chi connectivity index (χ1v) is 5.85. The maximum absolute atomic E-state index is 11.8. The highest BCUT2D eigenvalue weighted by atomic mass is 16.4. The fraction of sp³-hybridized carbons (Fsp3) is 0.0667. The number of fused-ring (bicyclic) bond motifs is 1. The molecule has 0 saturated heterocycles. The zero-order valence-electron chi connectivity index (χ0n) is 10.0. The van der Waals surface area contributed by atoms with Crippen LogP contribution < -0.4 is 5.76 Å². The van der Waals surface area contributed by atoms with Crippen LogP contribution in [0.25, 0.3) is 11.1 Å². The third-order valence-corrected chi connectivity index (χ3v) is 3.00. The van der Waals surface area contributed by atoms with Crippen molar-refractivity contribution in [1.29, 1.82) is 5.26 Å². The van der Waals surface area contributed by atoms with E-state index in [4.69, 9.17) is 9.68 Å². The normalized spacial score (nSPS) is 10.5. The van der Waals surface area contributed by atoms with E-state index in [0.717, 1.165) is 11.1 Å². The van der Waals surface area contributed by atoms with E-state index in [1.54, 1.807) is 22.8 Å². The Balaban J connectivity index is 2.03. The van der Waals surface area contributed by atoms with Crippen molar-refractivity contribution >= 4 is 11.1 Å². The van der Waals surface area contributed by atoms with Crippen LogP contribution in [0.3, 0.4) is 0 Å². The highest BCUT2D eigenvalue weighted by Crippen LogP contribution is 2.13. The minimum Gasteiger partial charge on any atom is -0.408 e. The van der Waals surface area contributed by atoms with E-state index in [-0.39, 0.29) is 5.76 Å². The topological polar surface area (TPSA) is 58.9 Å². The lowest BCUT2D eigenvalue weighted by Crippen LogP contribution is -2.14. The molecule has 2 aromatic carbocycles. The van der Waals surface area contributed by atoms with E-state index in [0.29, 0.717) is 17.7 Å². The second kappa shape index (κ2) is 4.46. The average molecular weight is 250 g/mol. The van der Waals surface area contributed by atoms with Crippen LogP contribution in [0, 0.1) is 11.3 Å². The standard InChI is InChI=1S/C15H10N2O2/c16-9-11-5-7-12(8-6-11)10-17-13-3-1-2-4-14(13)19-15(17)18/h1-8H,10H2. The highest BCUT2D eigenvalue weighted by Gasteiger charge is 2.08. The van der Waals surface area contributed by atoms with Crippen LogP contribution in [-0.4, -0.2) is 4.57 Å². The van der Waals surface area contributed by atoms with E-state index < -0.39 is 0 Å². The summed E-state index contributed by atoms with van der Waals surface area (Å²) in [6.07, 6.45) is 0. The van der Waals surface area contributed by atoms with Gasteiger partial charge >= 0.3 is 5.76 Å². The SMILES string of the molecule is N#Cc1ccc(Cn2c(=O)oc3ccccc32)cc1. The Hall–Kier alpha value is -2.80. The molecule has 0 radical (unpaired) electrons. The van der Waals surface area contributed by atoms with E-state index in [9.17, 15) is 4.79 Å². The molecule has 19 heavy (non-hydrogen) atoms. The van der Waals surface area contributed by atoms with E-state index in [1.807, 2.05) is 30.3 Å². The van der Waals surface area contributed by atoms with Crippen molar-refractivity contribution in [3.05, 3.63) is 70.2 Å². The Morgan fingerprint density at radius 2 is 1.84 bits per heavy atom. The Kier molecular flexibility index (Phi) is 2.66. The van der Waals surface area contributed by atoms with Crippen LogP contribution in [0.15, 0.2) is 57.7 Å². The monoisotopic (exact) mass is 250 g/mol. The molecule has 0 aliphatic carbocycles. The predicted molar refractivity (Wildman–Crippen MR) is 70.7 cm³/mol. The number of nitrogens with zero attached hydrogens (tertiary/aromatic N) is 2.